The van der Waals surface area contributed by atoms with E-state index in [9.17, 15) is 0 Å². The summed E-state index contributed by atoms with van der Waals surface area (Å²) in [5, 5.41) is 3.37. The lowest BCUT2D eigenvalue weighted by molar-refractivity contribution is 0.335. The summed E-state index contributed by atoms with van der Waals surface area (Å²) < 4.78 is 5.53. The van der Waals surface area contributed by atoms with Crippen LogP contribution in [0.1, 0.15) is 25.8 Å². The molecule has 0 amide bonds. The van der Waals surface area contributed by atoms with Crippen molar-refractivity contribution in [2.75, 3.05) is 13.2 Å². The van der Waals surface area contributed by atoms with Crippen LogP contribution < -0.4 is 10.1 Å². The van der Waals surface area contributed by atoms with Gasteiger partial charge in [0.2, 0.25) is 0 Å². The molecule has 1 aromatic rings. The van der Waals surface area contributed by atoms with E-state index >= 15 is 0 Å². The van der Waals surface area contributed by atoms with Crippen molar-refractivity contribution < 1.29 is 4.74 Å². The van der Waals surface area contributed by atoms with Crippen molar-refractivity contribution in [2.24, 2.45) is 0 Å². The molecule has 0 saturated carbocycles. The van der Waals surface area contributed by atoms with Crippen LogP contribution in [0.3, 0.4) is 0 Å². The molecule has 0 heterocycles. The molecule has 0 radical (unpaired) electrons. The highest BCUT2D eigenvalue weighted by atomic mass is 16.5. The smallest absolute Gasteiger partial charge is 0.123 e. The third-order valence-electron chi connectivity index (χ3n) is 2.01. The molecule has 0 atom stereocenters. The molecule has 2 heteroatoms. The number of benzene rings is 1. The molecule has 14 heavy (non-hydrogen) atoms. The Morgan fingerprint density at radius 2 is 2.00 bits per heavy atom. The molecule has 0 saturated heterocycles. The third-order valence-corrected chi connectivity index (χ3v) is 2.01. The quantitative estimate of drug-likeness (QED) is 0.701. The lowest BCUT2D eigenvalue weighted by Crippen LogP contribution is -2.14. The fourth-order valence-corrected chi connectivity index (χ4v) is 1.35. The molecule has 78 valence electrons. The number of hydrogen-bond donors (Lipinski definition) is 1. The summed E-state index contributed by atoms with van der Waals surface area (Å²) in [5.74, 6) is 0.999. The maximum absolute atomic E-state index is 5.53. The van der Waals surface area contributed by atoms with E-state index in [0.29, 0.717) is 0 Å². The number of ether oxygens (including phenoxy) is 1. The van der Waals surface area contributed by atoms with E-state index in [-0.39, 0.29) is 0 Å². The van der Waals surface area contributed by atoms with Crippen LogP contribution in [0.4, 0.5) is 0 Å². The van der Waals surface area contributed by atoms with Gasteiger partial charge in [-0.25, -0.2) is 0 Å². The molecule has 1 aromatic carbocycles. The number of para-hydroxylation sites is 1. The summed E-state index contributed by atoms with van der Waals surface area (Å²) in [5.41, 5.74) is 1.24. The zero-order chi connectivity index (χ0) is 10.2. The fraction of sp³-hybridized carbons (Fsp3) is 0.500. The Balaban J connectivity index is 2.55. The van der Waals surface area contributed by atoms with Crippen LogP contribution in [0.15, 0.2) is 24.3 Å². The maximum atomic E-state index is 5.53. The van der Waals surface area contributed by atoms with E-state index in [0.717, 1.165) is 31.9 Å². The first-order valence-corrected chi connectivity index (χ1v) is 5.30. The predicted molar refractivity (Wildman–Crippen MR) is 59.6 cm³/mol. The van der Waals surface area contributed by atoms with Gasteiger partial charge < -0.3 is 10.1 Å². The van der Waals surface area contributed by atoms with Gasteiger partial charge in [0.15, 0.2) is 0 Å². The second-order valence-electron chi connectivity index (χ2n) is 3.22. The summed E-state index contributed by atoms with van der Waals surface area (Å²) in [6, 6.07) is 8.18. The van der Waals surface area contributed by atoms with Crippen molar-refractivity contribution in [3.05, 3.63) is 29.8 Å². The molecule has 0 aliphatic carbocycles. The van der Waals surface area contributed by atoms with Crippen molar-refractivity contribution in [1.82, 2.24) is 5.32 Å². The lowest BCUT2D eigenvalue weighted by atomic mass is 10.2. The van der Waals surface area contributed by atoms with Crippen molar-refractivity contribution >= 4 is 0 Å². The van der Waals surface area contributed by atoms with Gasteiger partial charge >= 0.3 is 0 Å². The minimum Gasteiger partial charge on any atom is -0.494 e. The molecule has 0 unspecified atom stereocenters. The molecule has 1 rings (SSSR count). The maximum Gasteiger partial charge on any atom is 0.123 e. The van der Waals surface area contributed by atoms with Crippen molar-refractivity contribution in [3.63, 3.8) is 0 Å². The second-order valence-corrected chi connectivity index (χ2v) is 3.22. The van der Waals surface area contributed by atoms with Crippen LogP contribution in [-0.4, -0.2) is 13.2 Å². The summed E-state index contributed by atoms with van der Waals surface area (Å²) in [4.78, 5) is 0. The van der Waals surface area contributed by atoms with Crippen molar-refractivity contribution in [3.8, 4) is 5.75 Å². The Kier molecular flexibility index (Phi) is 5.08. The molecule has 0 spiro atoms. The van der Waals surface area contributed by atoms with Gasteiger partial charge in [0.25, 0.3) is 0 Å². The Labute approximate surface area is 86.3 Å². The van der Waals surface area contributed by atoms with E-state index < -0.39 is 0 Å². The van der Waals surface area contributed by atoms with E-state index in [4.69, 9.17) is 4.74 Å². The molecular weight excluding hydrogens is 174 g/mol. The largest absolute Gasteiger partial charge is 0.494 e. The van der Waals surface area contributed by atoms with Crippen molar-refractivity contribution in [1.29, 1.82) is 0 Å². The third kappa shape index (κ3) is 3.38. The summed E-state index contributed by atoms with van der Waals surface area (Å²) in [7, 11) is 0. The summed E-state index contributed by atoms with van der Waals surface area (Å²) in [6.45, 7) is 6.85. The van der Waals surface area contributed by atoms with E-state index in [1.807, 2.05) is 25.1 Å². The van der Waals surface area contributed by atoms with Gasteiger partial charge in [-0.2, -0.15) is 0 Å². The number of nitrogens with one attached hydrogen (secondary N) is 1. The zero-order valence-corrected chi connectivity index (χ0v) is 9.05. The van der Waals surface area contributed by atoms with Crippen molar-refractivity contribution in [2.45, 2.75) is 26.8 Å². The Morgan fingerprint density at radius 1 is 1.21 bits per heavy atom. The normalized spacial score (nSPS) is 10.1. The molecule has 2 nitrogen and oxygen atoms in total. The Morgan fingerprint density at radius 3 is 2.71 bits per heavy atom. The molecular formula is C12H19NO. The highest BCUT2D eigenvalue weighted by molar-refractivity contribution is 5.33. The Bertz CT molecular complexity index is 260. The molecule has 0 aromatic heterocycles. The van der Waals surface area contributed by atoms with E-state index in [2.05, 4.69) is 18.3 Å². The lowest BCUT2D eigenvalue weighted by Gasteiger charge is -2.10. The van der Waals surface area contributed by atoms with Gasteiger partial charge in [-0.05, 0) is 26.0 Å². The summed E-state index contributed by atoms with van der Waals surface area (Å²) >= 11 is 0. The van der Waals surface area contributed by atoms with Gasteiger partial charge in [0.05, 0.1) is 6.61 Å². The highest BCUT2D eigenvalue weighted by Crippen LogP contribution is 2.17. The van der Waals surface area contributed by atoms with Gasteiger partial charge in [-0.15, -0.1) is 0 Å². The van der Waals surface area contributed by atoms with Gasteiger partial charge in [-0.3, -0.25) is 0 Å². The van der Waals surface area contributed by atoms with E-state index in [1.54, 1.807) is 0 Å². The SMILES string of the molecule is CCCNCc1ccccc1OCC. The first-order valence-electron chi connectivity index (χ1n) is 5.30. The molecule has 0 fully saturated rings. The van der Waals surface area contributed by atoms with Gasteiger partial charge in [0.1, 0.15) is 5.75 Å². The zero-order valence-electron chi connectivity index (χ0n) is 9.05. The van der Waals surface area contributed by atoms with Crippen LogP contribution >= 0.6 is 0 Å². The average Bonchev–Trinajstić information content (AvgIpc) is 2.21. The topological polar surface area (TPSA) is 21.3 Å². The fourth-order valence-electron chi connectivity index (χ4n) is 1.35. The first kappa shape index (κ1) is 11.1. The Hall–Kier alpha value is -1.02. The van der Waals surface area contributed by atoms with Gasteiger partial charge in [0, 0.05) is 12.1 Å². The molecule has 1 N–H and O–H groups in total. The van der Waals surface area contributed by atoms with Crippen LogP contribution in [0, 0.1) is 0 Å². The number of rotatable bonds is 6. The highest BCUT2D eigenvalue weighted by Gasteiger charge is 2.00. The standard InChI is InChI=1S/C12H19NO/c1-3-9-13-10-11-7-5-6-8-12(11)14-4-2/h5-8,13H,3-4,9-10H2,1-2H3. The second kappa shape index (κ2) is 6.44. The van der Waals surface area contributed by atoms with Crippen LogP contribution in [0.25, 0.3) is 0 Å². The number of hydrogen-bond acceptors (Lipinski definition) is 2. The molecule has 0 aliphatic heterocycles. The van der Waals surface area contributed by atoms with Gasteiger partial charge in [-0.1, -0.05) is 25.1 Å². The van der Waals surface area contributed by atoms with Crippen LogP contribution in [-0.2, 0) is 6.54 Å². The monoisotopic (exact) mass is 193 g/mol. The average molecular weight is 193 g/mol. The summed E-state index contributed by atoms with van der Waals surface area (Å²) in [6.07, 6.45) is 1.16. The van der Waals surface area contributed by atoms with Crippen LogP contribution in [0.5, 0.6) is 5.75 Å². The van der Waals surface area contributed by atoms with Crippen LogP contribution in [0.2, 0.25) is 0 Å². The van der Waals surface area contributed by atoms with E-state index in [1.165, 1.54) is 5.56 Å². The minimum atomic E-state index is 0.727. The molecule has 0 aliphatic rings. The minimum absolute atomic E-state index is 0.727. The molecule has 0 bridgehead atoms. The predicted octanol–water partition coefficient (Wildman–Crippen LogP) is 2.58. The first-order chi connectivity index (χ1) is 6.88.